The van der Waals surface area contributed by atoms with Crippen molar-refractivity contribution in [2.24, 2.45) is 0 Å². The number of aliphatic hydroxyl groups is 1. The predicted molar refractivity (Wildman–Crippen MR) is 139 cm³/mol. The molecule has 1 amide bonds. The minimum absolute atomic E-state index is 0.00997. The number of pyridine rings is 1. The fraction of sp³-hybridized carbons (Fsp3) is 0.440. The first-order valence-corrected chi connectivity index (χ1v) is 12.9. The number of amides is 1. The number of halogens is 4. The third kappa shape index (κ3) is 8.34. The number of ether oxygens (including phenoxy) is 3. The molecule has 17 heteroatoms. The third-order valence-corrected chi connectivity index (χ3v) is 5.70. The molecule has 3 atom stereocenters. The van der Waals surface area contributed by atoms with Gasteiger partial charge in [-0.1, -0.05) is 41.9 Å². The van der Waals surface area contributed by atoms with E-state index in [1.807, 2.05) is 30.3 Å². The molecule has 3 N–H and O–H groups in total. The number of hydroxylamine groups is 2. The Morgan fingerprint density at radius 1 is 1.24 bits per heavy atom. The van der Waals surface area contributed by atoms with Gasteiger partial charge in [-0.05, 0) is 26.8 Å². The van der Waals surface area contributed by atoms with Crippen LogP contribution >= 0.6 is 11.6 Å². The summed E-state index contributed by atoms with van der Waals surface area (Å²) < 4.78 is 58.9. The Balaban J connectivity index is 1.55. The molecule has 4 rings (SSSR count). The van der Waals surface area contributed by atoms with E-state index in [-0.39, 0.29) is 30.9 Å². The highest BCUT2D eigenvalue weighted by Crippen LogP contribution is 2.35. The lowest BCUT2D eigenvalue weighted by Gasteiger charge is -2.26. The average Bonchev–Trinajstić information content (AvgIpc) is 3.58. The van der Waals surface area contributed by atoms with Crippen LogP contribution in [-0.2, 0) is 25.2 Å². The second kappa shape index (κ2) is 13.3. The maximum Gasteiger partial charge on any atom is 0.435 e. The Hall–Kier alpha value is -3.38. The number of aromatic nitrogens is 4. The molecule has 0 bridgehead atoms. The SMILES string of the molecule is CC(C)(C)OC(=O)NNC[C@H](O)C(OCN1COC(c2ccccc2)O1)c1ncnn1-c1cc(Cl)cnc1C(F)(F)F. The molecule has 0 spiro atoms. The molecule has 13 nitrogen and oxygen atoms in total. The highest BCUT2D eigenvalue weighted by atomic mass is 35.5. The van der Waals surface area contributed by atoms with Crippen molar-refractivity contribution in [2.45, 2.75) is 51.0 Å². The van der Waals surface area contributed by atoms with Gasteiger partial charge < -0.3 is 19.3 Å². The largest absolute Gasteiger partial charge is 0.443 e. The molecule has 1 fully saturated rings. The minimum atomic E-state index is -4.86. The summed E-state index contributed by atoms with van der Waals surface area (Å²) in [6, 6.07) is 10.1. The van der Waals surface area contributed by atoms with Gasteiger partial charge in [-0.25, -0.2) is 24.9 Å². The Morgan fingerprint density at radius 2 is 1.98 bits per heavy atom. The Bertz CT molecular complexity index is 1340. The molecule has 1 aliphatic rings. The lowest BCUT2D eigenvalue weighted by Crippen LogP contribution is -2.46. The molecule has 2 aromatic heterocycles. The van der Waals surface area contributed by atoms with Gasteiger partial charge in [-0.15, -0.1) is 5.06 Å². The zero-order valence-corrected chi connectivity index (χ0v) is 23.5. The quantitative estimate of drug-likeness (QED) is 0.287. The summed E-state index contributed by atoms with van der Waals surface area (Å²) in [6.45, 7) is 4.38. The topological polar surface area (TPSA) is 145 Å². The van der Waals surface area contributed by atoms with E-state index in [2.05, 4.69) is 25.9 Å². The van der Waals surface area contributed by atoms with Crippen molar-refractivity contribution in [3.05, 3.63) is 71.0 Å². The van der Waals surface area contributed by atoms with Gasteiger partial charge >= 0.3 is 12.3 Å². The van der Waals surface area contributed by atoms with Gasteiger partial charge in [0.1, 0.15) is 37.6 Å². The standard InChI is InChI=1S/C25H29ClF3N7O6/c1-24(2,3)41-23(38)34-32-11-18(37)19(39-13-35-14-40-22(42-35)15-7-5-4-6-8-15)21-31-12-33-36(21)17-9-16(26)10-30-20(17)25(27,28)29/h4-10,12,18-19,22,32,37H,11,13-14H2,1-3H3,(H,34,38)/t18-,19?,22?/m0/s1. The van der Waals surface area contributed by atoms with Crippen molar-refractivity contribution >= 4 is 17.7 Å². The molecule has 228 valence electrons. The molecule has 42 heavy (non-hydrogen) atoms. The molecule has 1 saturated heterocycles. The molecule has 0 radical (unpaired) electrons. The smallest absolute Gasteiger partial charge is 0.435 e. The van der Waals surface area contributed by atoms with E-state index in [9.17, 15) is 23.1 Å². The number of carbonyl (C=O) groups excluding carboxylic acids is 1. The van der Waals surface area contributed by atoms with Crippen molar-refractivity contribution in [1.29, 1.82) is 0 Å². The maximum atomic E-state index is 13.8. The van der Waals surface area contributed by atoms with Crippen molar-refractivity contribution < 1.29 is 42.1 Å². The molecule has 0 aliphatic carbocycles. The second-order valence-corrected chi connectivity index (χ2v) is 10.4. The van der Waals surface area contributed by atoms with E-state index in [0.29, 0.717) is 0 Å². The van der Waals surface area contributed by atoms with E-state index in [1.54, 1.807) is 20.8 Å². The van der Waals surface area contributed by atoms with Crippen LogP contribution in [0.2, 0.25) is 5.02 Å². The van der Waals surface area contributed by atoms with Crippen molar-refractivity contribution in [1.82, 2.24) is 35.7 Å². The molecule has 1 aromatic carbocycles. The van der Waals surface area contributed by atoms with Crippen LogP contribution < -0.4 is 10.9 Å². The molecular weight excluding hydrogens is 587 g/mol. The van der Waals surface area contributed by atoms with Crippen molar-refractivity contribution in [2.75, 3.05) is 20.0 Å². The van der Waals surface area contributed by atoms with Crippen LogP contribution in [0.5, 0.6) is 0 Å². The van der Waals surface area contributed by atoms with E-state index in [0.717, 1.165) is 28.8 Å². The van der Waals surface area contributed by atoms with Crippen LogP contribution in [0.25, 0.3) is 5.69 Å². The number of carbonyl (C=O) groups is 1. The van der Waals surface area contributed by atoms with Crippen LogP contribution in [0.15, 0.2) is 48.9 Å². The molecule has 3 heterocycles. The van der Waals surface area contributed by atoms with Gasteiger partial charge in [0.2, 0.25) is 6.29 Å². The lowest BCUT2D eigenvalue weighted by molar-refractivity contribution is -0.222. The summed E-state index contributed by atoms with van der Waals surface area (Å²) in [5, 5.41) is 16.2. The number of hydrogen-bond donors (Lipinski definition) is 3. The average molecular weight is 616 g/mol. The first kappa shape index (κ1) is 31.6. The summed E-state index contributed by atoms with van der Waals surface area (Å²) in [5.41, 5.74) is 2.95. The van der Waals surface area contributed by atoms with E-state index >= 15 is 0 Å². The van der Waals surface area contributed by atoms with E-state index in [4.69, 9.17) is 30.6 Å². The summed E-state index contributed by atoms with van der Waals surface area (Å²) in [5.74, 6) is -0.212. The number of aliphatic hydroxyl groups excluding tert-OH is 1. The summed E-state index contributed by atoms with van der Waals surface area (Å²) in [7, 11) is 0. The third-order valence-electron chi connectivity index (χ3n) is 5.49. The first-order chi connectivity index (χ1) is 19.8. The van der Waals surface area contributed by atoms with E-state index in [1.165, 1.54) is 5.06 Å². The van der Waals surface area contributed by atoms with Gasteiger partial charge in [0.25, 0.3) is 0 Å². The van der Waals surface area contributed by atoms with Crippen LogP contribution in [0.3, 0.4) is 0 Å². The molecule has 3 aromatic rings. The highest BCUT2D eigenvalue weighted by molar-refractivity contribution is 6.30. The number of rotatable bonds is 10. The van der Waals surface area contributed by atoms with Gasteiger partial charge in [-0.3, -0.25) is 10.3 Å². The fourth-order valence-corrected chi connectivity index (χ4v) is 3.93. The Labute approximate surface area is 243 Å². The fourth-order valence-electron chi connectivity index (χ4n) is 3.78. The summed E-state index contributed by atoms with van der Waals surface area (Å²) >= 11 is 5.96. The minimum Gasteiger partial charge on any atom is -0.443 e. The van der Waals surface area contributed by atoms with Crippen LogP contribution in [0.1, 0.15) is 50.2 Å². The van der Waals surface area contributed by atoms with E-state index < -0.39 is 47.7 Å². The van der Waals surface area contributed by atoms with Gasteiger partial charge in [0.05, 0.1) is 10.7 Å². The maximum absolute atomic E-state index is 13.8. The molecular formula is C25H29ClF3N7O6. The highest BCUT2D eigenvalue weighted by Gasteiger charge is 2.38. The number of alkyl halides is 3. The van der Waals surface area contributed by atoms with Crippen molar-refractivity contribution in [3.8, 4) is 5.69 Å². The Morgan fingerprint density at radius 3 is 2.67 bits per heavy atom. The second-order valence-electron chi connectivity index (χ2n) is 9.97. The Kier molecular flexibility index (Phi) is 9.98. The molecule has 2 unspecified atom stereocenters. The summed E-state index contributed by atoms with van der Waals surface area (Å²) in [6.07, 6.45) is -7.43. The zero-order chi connectivity index (χ0) is 30.5. The molecule has 0 saturated carbocycles. The predicted octanol–water partition coefficient (Wildman–Crippen LogP) is 3.66. The number of nitrogens with one attached hydrogen (secondary N) is 2. The number of nitrogens with zero attached hydrogens (tertiary/aromatic N) is 5. The van der Waals surface area contributed by atoms with Crippen LogP contribution in [0.4, 0.5) is 18.0 Å². The van der Waals surface area contributed by atoms with Crippen LogP contribution in [-0.4, -0.2) is 67.7 Å². The number of hydrazine groups is 1. The van der Waals surface area contributed by atoms with Gasteiger partial charge in [0, 0.05) is 18.3 Å². The van der Waals surface area contributed by atoms with Gasteiger partial charge in [-0.2, -0.15) is 18.3 Å². The van der Waals surface area contributed by atoms with Crippen molar-refractivity contribution in [3.63, 3.8) is 0 Å². The zero-order valence-electron chi connectivity index (χ0n) is 22.7. The molecule has 1 aliphatic heterocycles. The van der Waals surface area contributed by atoms with Gasteiger partial charge in [0.15, 0.2) is 11.5 Å². The monoisotopic (exact) mass is 615 g/mol. The lowest BCUT2D eigenvalue weighted by atomic mass is 10.1. The number of hydrogen-bond acceptors (Lipinski definition) is 11. The normalized spacial score (nSPS) is 17.7. The first-order valence-electron chi connectivity index (χ1n) is 12.5. The van der Waals surface area contributed by atoms with Crippen LogP contribution in [0, 0.1) is 0 Å². The number of benzene rings is 1. The summed E-state index contributed by atoms with van der Waals surface area (Å²) in [4.78, 5) is 25.2.